The van der Waals surface area contributed by atoms with Gasteiger partial charge in [0.15, 0.2) is 0 Å². The maximum absolute atomic E-state index is 12.1. The average Bonchev–Trinajstić information content (AvgIpc) is 3.39. The second-order valence-corrected chi connectivity index (χ2v) is 16.4. The van der Waals surface area contributed by atoms with Crippen molar-refractivity contribution in [3.05, 3.63) is 95.1 Å². The third-order valence-corrected chi connectivity index (χ3v) is 12.9. The molecule has 2 N–H and O–H groups in total. The highest BCUT2D eigenvalue weighted by Crippen LogP contribution is 2.65. The molecule has 3 aliphatic carbocycles. The molecule has 6 atom stereocenters. The molecule has 3 aliphatic rings. The zero-order valence-electron chi connectivity index (χ0n) is 28.2. The van der Waals surface area contributed by atoms with E-state index < -0.39 is 10.0 Å². The fourth-order valence-corrected chi connectivity index (χ4v) is 10.0. The van der Waals surface area contributed by atoms with Gasteiger partial charge in [-0.15, -0.1) is 0 Å². The largest absolute Gasteiger partial charge is 0.494 e. The lowest BCUT2D eigenvalue weighted by Crippen LogP contribution is -2.47. The number of aliphatic hydroxyl groups is 1. The van der Waals surface area contributed by atoms with Crippen LogP contribution in [0.3, 0.4) is 0 Å². The molecule has 7 heteroatoms. The van der Waals surface area contributed by atoms with Crippen LogP contribution in [0.25, 0.3) is 0 Å². The molecule has 0 spiro atoms. The minimum Gasteiger partial charge on any atom is -0.494 e. The standard InChI is InChI=1S/C40H53NO5S/c1-3-4-23-41-47(43,44)25-10-6-9-24-45-32-16-13-30(14-17-32)36-27-40(2)37(21-22-38(40)42)35-19-15-31-26-33(18-20-34(31)39(35)36)46-28-29-11-7-5-8-12-29/h5,7-8,11-14,16-18,20,26,35-39,41-42H,3-4,6,9-10,15,19,21-25,27-28H2,1-2H3/t35?,36-,37?,38+,39?,40+/m1/s1. The molecule has 0 amide bonds. The van der Waals surface area contributed by atoms with Gasteiger partial charge < -0.3 is 14.6 Å². The van der Waals surface area contributed by atoms with E-state index >= 15 is 0 Å². The van der Waals surface area contributed by atoms with Gasteiger partial charge in [-0.05, 0) is 133 Å². The zero-order chi connectivity index (χ0) is 32.9. The van der Waals surface area contributed by atoms with Crippen molar-refractivity contribution >= 4 is 10.0 Å². The van der Waals surface area contributed by atoms with Crippen LogP contribution in [0.1, 0.15) is 106 Å². The average molecular weight is 660 g/mol. The molecule has 47 heavy (non-hydrogen) atoms. The Labute approximate surface area is 282 Å². The van der Waals surface area contributed by atoms with Crippen LogP contribution >= 0.6 is 0 Å². The van der Waals surface area contributed by atoms with Crippen LogP contribution in [0.15, 0.2) is 72.8 Å². The Morgan fingerprint density at radius 1 is 0.894 bits per heavy atom. The van der Waals surface area contributed by atoms with E-state index in [2.05, 4.69) is 73.2 Å². The van der Waals surface area contributed by atoms with Crippen LogP contribution in [0.5, 0.6) is 11.5 Å². The summed E-state index contributed by atoms with van der Waals surface area (Å²) in [5.41, 5.74) is 5.31. The van der Waals surface area contributed by atoms with Crippen molar-refractivity contribution in [2.45, 2.75) is 103 Å². The molecule has 2 fully saturated rings. The molecule has 2 saturated carbocycles. The number of ether oxygens (including phenoxy) is 2. The Balaban J connectivity index is 1.11. The summed E-state index contributed by atoms with van der Waals surface area (Å²) in [7, 11) is -3.18. The van der Waals surface area contributed by atoms with Gasteiger partial charge in [-0.25, -0.2) is 13.1 Å². The van der Waals surface area contributed by atoms with Crippen molar-refractivity contribution in [3.63, 3.8) is 0 Å². The number of unbranched alkanes of at least 4 members (excludes halogenated alkanes) is 3. The molecule has 0 aliphatic heterocycles. The summed E-state index contributed by atoms with van der Waals surface area (Å²) in [5, 5.41) is 11.2. The second-order valence-electron chi connectivity index (χ2n) is 14.4. The lowest BCUT2D eigenvalue weighted by Gasteiger charge is -2.54. The van der Waals surface area contributed by atoms with Crippen molar-refractivity contribution in [3.8, 4) is 11.5 Å². The molecule has 254 valence electrons. The molecule has 0 radical (unpaired) electrons. The maximum Gasteiger partial charge on any atom is 0.211 e. The van der Waals surface area contributed by atoms with Crippen LogP contribution < -0.4 is 14.2 Å². The van der Waals surface area contributed by atoms with Gasteiger partial charge in [-0.2, -0.15) is 0 Å². The summed E-state index contributed by atoms with van der Waals surface area (Å²) in [6, 6.07) is 25.8. The summed E-state index contributed by atoms with van der Waals surface area (Å²) < 4.78 is 39.2. The molecule has 0 heterocycles. The van der Waals surface area contributed by atoms with Crippen molar-refractivity contribution in [1.29, 1.82) is 0 Å². The van der Waals surface area contributed by atoms with Gasteiger partial charge in [-0.3, -0.25) is 0 Å². The Hall–Kier alpha value is -2.87. The number of fused-ring (bicyclic) bond motifs is 5. The van der Waals surface area contributed by atoms with Crippen molar-refractivity contribution < 1.29 is 23.0 Å². The number of aryl methyl sites for hydroxylation is 1. The van der Waals surface area contributed by atoms with E-state index in [-0.39, 0.29) is 17.3 Å². The number of hydrogen-bond donors (Lipinski definition) is 2. The summed E-state index contributed by atoms with van der Waals surface area (Å²) in [5.74, 6) is 3.81. The predicted octanol–water partition coefficient (Wildman–Crippen LogP) is 8.14. The predicted molar refractivity (Wildman–Crippen MR) is 188 cm³/mol. The quantitative estimate of drug-likeness (QED) is 0.161. The van der Waals surface area contributed by atoms with Gasteiger partial charge in [0.1, 0.15) is 18.1 Å². The number of nitrogens with one attached hydrogen (secondary N) is 1. The summed E-state index contributed by atoms with van der Waals surface area (Å²) in [6.45, 7) is 6.07. The van der Waals surface area contributed by atoms with E-state index in [4.69, 9.17) is 9.47 Å². The highest BCUT2D eigenvalue weighted by molar-refractivity contribution is 7.89. The molecular weight excluding hydrogens is 607 g/mol. The van der Waals surface area contributed by atoms with Crippen molar-refractivity contribution in [2.24, 2.45) is 17.3 Å². The van der Waals surface area contributed by atoms with E-state index in [1.807, 2.05) is 18.2 Å². The first kappa shape index (κ1) is 34.0. The first-order chi connectivity index (χ1) is 22.8. The number of sulfonamides is 1. The molecular formula is C40H53NO5S. The SMILES string of the molecule is CCCCNS(=O)(=O)CCCCCOc1ccc([C@H]2C[C@@]3(C)C(CC[C@@H]3O)C3CCc4cc(OCc5ccccc5)ccc4C32)cc1. The smallest absolute Gasteiger partial charge is 0.211 e. The first-order valence-electron chi connectivity index (χ1n) is 17.9. The molecule has 0 saturated heterocycles. The van der Waals surface area contributed by atoms with Gasteiger partial charge in [0.05, 0.1) is 18.5 Å². The Bertz CT molecular complexity index is 1560. The van der Waals surface area contributed by atoms with Gasteiger partial charge in [0, 0.05) is 6.54 Å². The molecule has 0 bridgehead atoms. The maximum atomic E-state index is 12.1. The number of rotatable bonds is 15. The Morgan fingerprint density at radius 3 is 2.47 bits per heavy atom. The normalized spacial score (nSPS) is 26.7. The molecule has 6 nitrogen and oxygen atoms in total. The lowest BCUT2D eigenvalue weighted by atomic mass is 9.51. The van der Waals surface area contributed by atoms with E-state index in [1.165, 1.54) is 22.3 Å². The van der Waals surface area contributed by atoms with E-state index in [0.717, 1.165) is 69.3 Å². The van der Waals surface area contributed by atoms with E-state index in [0.29, 0.717) is 49.9 Å². The molecule has 0 aromatic heterocycles. The van der Waals surface area contributed by atoms with E-state index in [9.17, 15) is 13.5 Å². The molecule has 6 rings (SSSR count). The van der Waals surface area contributed by atoms with Gasteiger partial charge in [-0.1, -0.05) is 68.8 Å². The Morgan fingerprint density at radius 2 is 1.68 bits per heavy atom. The van der Waals surface area contributed by atoms with Crippen LogP contribution in [0, 0.1) is 17.3 Å². The molecule has 3 aromatic rings. The minimum atomic E-state index is -3.18. The monoisotopic (exact) mass is 659 g/mol. The fourth-order valence-electron chi connectivity index (χ4n) is 8.86. The van der Waals surface area contributed by atoms with Gasteiger partial charge >= 0.3 is 0 Å². The summed E-state index contributed by atoms with van der Waals surface area (Å²) >= 11 is 0. The van der Waals surface area contributed by atoms with Crippen LogP contribution in [0.2, 0.25) is 0 Å². The third kappa shape index (κ3) is 7.90. The Kier molecular flexibility index (Phi) is 10.9. The topological polar surface area (TPSA) is 84.9 Å². The molecule has 3 aromatic carbocycles. The zero-order valence-corrected chi connectivity index (χ0v) is 29.0. The number of aliphatic hydroxyl groups excluding tert-OH is 1. The minimum absolute atomic E-state index is 0.0593. The second kappa shape index (κ2) is 15.1. The van der Waals surface area contributed by atoms with Crippen LogP contribution in [-0.4, -0.2) is 38.5 Å². The van der Waals surface area contributed by atoms with E-state index in [1.54, 1.807) is 0 Å². The molecule has 3 unspecified atom stereocenters. The summed E-state index contributed by atoms with van der Waals surface area (Å²) in [6.07, 6.45) is 9.11. The van der Waals surface area contributed by atoms with Gasteiger partial charge in [0.25, 0.3) is 0 Å². The van der Waals surface area contributed by atoms with Crippen molar-refractivity contribution in [2.75, 3.05) is 18.9 Å². The number of benzene rings is 3. The first-order valence-corrected chi connectivity index (χ1v) is 19.6. The summed E-state index contributed by atoms with van der Waals surface area (Å²) in [4.78, 5) is 0. The van der Waals surface area contributed by atoms with Crippen LogP contribution in [0.4, 0.5) is 0 Å². The van der Waals surface area contributed by atoms with Gasteiger partial charge in [0.2, 0.25) is 10.0 Å². The number of hydrogen-bond acceptors (Lipinski definition) is 5. The van der Waals surface area contributed by atoms with Crippen molar-refractivity contribution in [1.82, 2.24) is 4.72 Å². The van der Waals surface area contributed by atoms with Crippen LogP contribution in [-0.2, 0) is 23.1 Å². The lowest BCUT2D eigenvalue weighted by molar-refractivity contribution is -0.0323. The third-order valence-electron chi connectivity index (χ3n) is 11.4. The fraction of sp³-hybridized carbons (Fsp3) is 0.550. The highest BCUT2D eigenvalue weighted by Gasteiger charge is 2.57. The highest BCUT2D eigenvalue weighted by atomic mass is 32.2.